The molecule has 1 aliphatic carbocycles. The Balaban J connectivity index is 1.64. The van der Waals surface area contributed by atoms with Gasteiger partial charge in [0.15, 0.2) is 0 Å². The van der Waals surface area contributed by atoms with Crippen molar-refractivity contribution in [3.05, 3.63) is 36.8 Å². The predicted octanol–water partition coefficient (Wildman–Crippen LogP) is 0.943. The molecule has 7 heteroatoms. The number of amides is 1. The second kappa shape index (κ2) is 6.65. The monoisotopic (exact) mass is 301 g/mol. The number of imidazole rings is 1. The van der Waals surface area contributed by atoms with Gasteiger partial charge in [-0.3, -0.25) is 9.36 Å². The largest absolute Gasteiger partial charge is 0.396 e. The maximum Gasteiger partial charge on any atom is 0.289 e. The van der Waals surface area contributed by atoms with E-state index in [0.29, 0.717) is 11.7 Å². The van der Waals surface area contributed by atoms with E-state index in [0.717, 1.165) is 25.7 Å². The van der Waals surface area contributed by atoms with Crippen molar-refractivity contribution >= 4 is 5.91 Å². The number of carbonyl (C=O) groups excluding carboxylic acids is 1. The fourth-order valence-electron chi connectivity index (χ4n) is 2.74. The molecule has 2 heterocycles. The zero-order valence-electron chi connectivity index (χ0n) is 12.2. The lowest BCUT2D eigenvalue weighted by atomic mass is 9.86. The molecule has 22 heavy (non-hydrogen) atoms. The highest BCUT2D eigenvalue weighted by Gasteiger charge is 2.23. The van der Waals surface area contributed by atoms with Gasteiger partial charge >= 0.3 is 0 Å². The number of rotatable bonds is 4. The van der Waals surface area contributed by atoms with Crippen LogP contribution in [0.15, 0.2) is 31.0 Å². The van der Waals surface area contributed by atoms with E-state index in [2.05, 4.69) is 20.3 Å². The summed E-state index contributed by atoms with van der Waals surface area (Å²) in [5, 5.41) is 12.1. The van der Waals surface area contributed by atoms with Gasteiger partial charge in [0, 0.05) is 31.2 Å². The van der Waals surface area contributed by atoms with Gasteiger partial charge in [0.1, 0.15) is 12.1 Å². The SMILES string of the molecule is O=C(NC1CCC(CO)CC1)c1nccc(-n2ccnc2)n1. The summed E-state index contributed by atoms with van der Waals surface area (Å²) in [6.45, 7) is 0.233. The van der Waals surface area contributed by atoms with E-state index >= 15 is 0 Å². The lowest BCUT2D eigenvalue weighted by Crippen LogP contribution is -2.38. The second-order valence-corrected chi connectivity index (χ2v) is 5.58. The van der Waals surface area contributed by atoms with Crippen LogP contribution in [0.1, 0.15) is 36.3 Å². The summed E-state index contributed by atoms with van der Waals surface area (Å²) in [5.41, 5.74) is 0. The highest BCUT2D eigenvalue weighted by molar-refractivity contribution is 5.90. The summed E-state index contributed by atoms with van der Waals surface area (Å²) in [7, 11) is 0. The molecular weight excluding hydrogens is 282 g/mol. The Bertz CT molecular complexity index is 621. The minimum absolute atomic E-state index is 0.135. The molecule has 0 bridgehead atoms. The van der Waals surface area contributed by atoms with Gasteiger partial charge in [-0.1, -0.05) is 0 Å². The summed E-state index contributed by atoms with van der Waals surface area (Å²) >= 11 is 0. The van der Waals surface area contributed by atoms with E-state index < -0.39 is 0 Å². The van der Waals surface area contributed by atoms with Crippen LogP contribution in [0, 0.1) is 5.92 Å². The second-order valence-electron chi connectivity index (χ2n) is 5.58. The molecule has 0 unspecified atom stereocenters. The Morgan fingerprint density at radius 1 is 1.32 bits per heavy atom. The molecule has 2 aromatic heterocycles. The number of aromatic nitrogens is 4. The smallest absolute Gasteiger partial charge is 0.289 e. The van der Waals surface area contributed by atoms with E-state index in [1.54, 1.807) is 35.6 Å². The third kappa shape index (κ3) is 3.30. The Morgan fingerprint density at radius 3 is 2.82 bits per heavy atom. The van der Waals surface area contributed by atoms with Gasteiger partial charge < -0.3 is 10.4 Å². The highest BCUT2D eigenvalue weighted by Crippen LogP contribution is 2.23. The van der Waals surface area contributed by atoms with Gasteiger partial charge in [-0.2, -0.15) is 0 Å². The lowest BCUT2D eigenvalue weighted by Gasteiger charge is -2.27. The number of carbonyl (C=O) groups is 1. The third-order valence-corrected chi connectivity index (χ3v) is 4.05. The van der Waals surface area contributed by atoms with Crippen molar-refractivity contribution < 1.29 is 9.90 Å². The molecule has 0 aromatic carbocycles. The van der Waals surface area contributed by atoms with Crippen LogP contribution in [0.2, 0.25) is 0 Å². The van der Waals surface area contributed by atoms with E-state index in [1.807, 2.05) is 0 Å². The van der Waals surface area contributed by atoms with Crippen LogP contribution in [-0.4, -0.2) is 43.2 Å². The first-order valence-corrected chi connectivity index (χ1v) is 7.49. The molecule has 1 saturated carbocycles. The quantitative estimate of drug-likeness (QED) is 0.877. The molecule has 0 aliphatic heterocycles. The maximum atomic E-state index is 12.3. The number of nitrogens with one attached hydrogen (secondary N) is 1. The van der Waals surface area contributed by atoms with Crippen molar-refractivity contribution in [2.45, 2.75) is 31.7 Å². The van der Waals surface area contributed by atoms with Crippen LogP contribution in [0.5, 0.6) is 0 Å². The van der Waals surface area contributed by atoms with Crippen LogP contribution in [0.25, 0.3) is 5.82 Å². The van der Waals surface area contributed by atoms with Crippen molar-refractivity contribution in [2.75, 3.05) is 6.61 Å². The molecule has 1 fully saturated rings. The average molecular weight is 301 g/mol. The highest BCUT2D eigenvalue weighted by atomic mass is 16.3. The van der Waals surface area contributed by atoms with E-state index in [4.69, 9.17) is 5.11 Å². The summed E-state index contributed by atoms with van der Waals surface area (Å²) in [4.78, 5) is 24.6. The first kappa shape index (κ1) is 14.6. The van der Waals surface area contributed by atoms with E-state index in [-0.39, 0.29) is 24.4 Å². The minimum Gasteiger partial charge on any atom is -0.396 e. The van der Waals surface area contributed by atoms with Crippen molar-refractivity contribution in [1.29, 1.82) is 0 Å². The molecule has 116 valence electrons. The fraction of sp³-hybridized carbons (Fsp3) is 0.467. The van der Waals surface area contributed by atoms with Crippen LogP contribution < -0.4 is 5.32 Å². The Labute approximate surface area is 128 Å². The molecule has 2 N–H and O–H groups in total. The first-order chi connectivity index (χ1) is 10.8. The van der Waals surface area contributed by atoms with Crippen molar-refractivity contribution in [3.8, 4) is 5.82 Å². The zero-order valence-corrected chi connectivity index (χ0v) is 12.2. The van der Waals surface area contributed by atoms with Crippen LogP contribution in [0.3, 0.4) is 0 Å². The van der Waals surface area contributed by atoms with Crippen LogP contribution in [0.4, 0.5) is 0 Å². The fourth-order valence-corrected chi connectivity index (χ4v) is 2.74. The molecule has 0 radical (unpaired) electrons. The third-order valence-electron chi connectivity index (χ3n) is 4.05. The number of hydrogen-bond donors (Lipinski definition) is 2. The minimum atomic E-state index is -0.255. The molecule has 2 aromatic rings. The van der Waals surface area contributed by atoms with Crippen molar-refractivity contribution in [3.63, 3.8) is 0 Å². The molecule has 0 spiro atoms. The standard InChI is InChI=1S/C15H19N5O2/c21-9-11-1-3-12(4-2-11)18-15(22)14-17-6-5-13(19-14)20-8-7-16-10-20/h5-8,10-12,21H,1-4,9H2,(H,18,22). The Hall–Kier alpha value is -2.28. The summed E-state index contributed by atoms with van der Waals surface area (Å²) in [6.07, 6.45) is 10.3. The number of hydrogen-bond acceptors (Lipinski definition) is 5. The molecule has 0 atom stereocenters. The molecule has 1 amide bonds. The van der Waals surface area contributed by atoms with E-state index in [9.17, 15) is 4.79 Å². The van der Waals surface area contributed by atoms with E-state index in [1.165, 1.54) is 0 Å². The Morgan fingerprint density at radius 2 is 2.14 bits per heavy atom. The van der Waals surface area contributed by atoms with Gasteiger partial charge in [-0.05, 0) is 37.7 Å². The van der Waals surface area contributed by atoms with Gasteiger partial charge in [0.2, 0.25) is 5.82 Å². The van der Waals surface area contributed by atoms with Gasteiger partial charge in [0.25, 0.3) is 5.91 Å². The molecule has 3 rings (SSSR count). The average Bonchev–Trinajstić information content (AvgIpc) is 3.10. The summed E-state index contributed by atoms with van der Waals surface area (Å²) < 4.78 is 1.73. The molecular formula is C15H19N5O2. The lowest BCUT2D eigenvalue weighted by molar-refractivity contribution is 0.0903. The van der Waals surface area contributed by atoms with Gasteiger partial charge in [-0.25, -0.2) is 15.0 Å². The number of aliphatic hydroxyl groups is 1. The maximum absolute atomic E-state index is 12.3. The predicted molar refractivity (Wildman–Crippen MR) is 79.5 cm³/mol. The number of aliphatic hydroxyl groups excluding tert-OH is 1. The molecule has 0 saturated heterocycles. The van der Waals surface area contributed by atoms with Crippen LogP contribution in [-0.2, 0) is 0 Å². The topological polar surface area (TPSA) is 92.9 Å². The summed E-state index contributed by atoms with van der Waals surface area (Å²) in [5.74, 6) is 0.889. The number of nitrogens with zero attached hydrogens (tertiary/aromatic N) is 4. The molecule has 1 aliphatic rings. The normalized spacial score (nSPS) is 21.5. The van der Waals surface area contributed by atoms with Crippen LogP contribution >= 0.6 is 0 Å². The Kier molecular flexibility index (Phi) is 4.43. The van der Waals surface area contributed by atoms with Gasteiger partial charge in [-0.15, -0.1) is 0 Å². The van der Waals surface area contributed by atoms with Crippen molar-refractivity contribution in [2.24, 2.45) is 5.92 Å². The first-order valence-electron chi connectivity index (χ1n) is 7.49. The summed E-state index contributed by atoms with van der Waals surface area (Å²) in [6, 6.07) is 1.86. The molecule has 7 nitrogen and oxygen atoms in total. The zero-order chi connectivity index (χ0) is 15.4. The van der Waals surface area contributed by atoms with Crippen molar-refractivity contribution in [1.82, 2.24) is 24.8 Å². The van der Waals surface area contributed by atoms with Gasteiger partial charge in [0.05, 0.1) is 0 Å².